The van der Waals surface area contributed by atoms with Crippen LogP contribution in [0.15, 0.2) is 83.8 Å². The Balaban J connectivity index is 2.07. The molecule has 0 aromatic heterocycles. The number of likely N-dealkylation sites (N-methyl/N-ethyl adjacent to an activating group) is 1. The number of hydrogen-bond donors (Lipinski definition) is 1. The number of non-ortho nitro benzene ring substituents is 1. The molecule has 3 aromatic rings. The molecular formula is C26H27ClN4O6S. The first-order valence-corrected chi connectivity index (χ1v) is 13.5. The van der Waals surface area contributed by atoms with Crippen molar-refractivity contribution >= 4 is 44.8 Å². The number of nitro benzene ring substituents is 1. The van der Waals surface area contributed by atoms with Crippen molar-refractivity contribution in [2.45, 2.75) is 31.3 Å². The zero-order valence-corrected chi connectivity index (χ0v) is 22.4. The van der Waals surface area contributed by atoms with E-state index in [1.165, 1.54) is 54.3 Å². The second kappa shape index (κ2) is 12.5. The van der Waals surface area contributed by atoms with Gasteiger partial charge in [0.05, 0.1) is 15.5 Å². The predicted octanol–water partition coefficient (Wildman–Crippen LogP) is 4.00. The van der Waals surface area contributed by atoms with Gasteiger partial charge in [-0.1, -0.05) is 54.1 Å². The van der Waals surface area contributed by atoms with Gasteiger partial charge < -0.3 is 10.2 Å². The quantitative estimate of drug-likeness (QED) is 0.280. The predicted molar refractivity (Wildman–Crippen MR) is 144 cm³/mol. The van der Waals surface area contributed by atoms with Gasteiger partial charge in [0.2, 0.25) is 11.8 Å². The number of halogens is 1. The van der Waals surface area contributed by atoms with Crippen LogP contribution < -0.4 is 9.62 Å². The van der Waals surface area contributed by atoms with Crippen LogP contribution in [-0.4, -0.2) is 49.2 Å². The fraction of sp³-hybridized carbons (Fsp3) is 0.231. The standard InChI is InChI=1S/C26H27ClN4O6S/c1-3-28-26(33)19(2)29(17-20-10-7-8-15-24(20)27)25(32)18-30(21-11-9-12-22(16-21)31(34)35)38(36,37)23-13-5-4-6-14-23/h4-16,19H,3,17-18H2,1-2H3,(H,28,33)/t19-/m0/s1. The van der Waals surface area contributed by atoms with Crippen LogP contribution in [0.4, 0.5) is 11.4 Å². The van der Waals surface area contributed by atoms with Gasteiger partial charge >= 0.3 is 0 Å². The van der Waals surface area contributed by atoms with Gasteiger partial charge in [0.15, 0.2) is 0 Å². The van der Waals surface area contributed by atoms with Crippen molar-refractivity contribution in [3.63, 3.8) is 0 Å². The third kappa shape index (κ3) is 6.67. The van der Waals surface area contributed by atoms with E-state index in [0.29, 0.717) is 17.1 Å². The van der Waals surface area contributed by atoms with Gasteiger partial charge in [-0.3, -0.25) is 24.0 Å². The molecule has 200 valence electrons. The molecule has 38 heavy (non-hydrogen) atoms. The summed E-state index contributed by atoms with van der Waals surface area (Å²) in [4.78, 5) is 38.3. The summed E-state index contributed by atoms with van der Waals surface area (Å²) in [5.41, 5.74) is 0.151. The van der Waals surface area contributed by atoms with Crippen LogP contribution in [0.3, 0.4) is 0 Å². The van der Waals surface area contributed by atoms with Gasteiger partial charge in [-0.05, 0) is 43.7 Å². The topological polar surface area (TPSA) is 130 Å². The highest BCUT2D eigenvalue weighted by Gasteiger charge is 2.33. The first-order chi connectivity index (χ1) is 18.1. The molecule has 3 aromatic carbocycles. The molecule has 12 heteroatoms. The van der Waals surface area contributed by atoms with Gasteiger partial charge in [0.1, 0.15) is 12.6 Å². The number of carbonyl (C=O) groups is 2. The van der Waals surface area contributed by atoms with Crippen LogP contribution >= 0.6 is 11.6 Å². The SMILES string of the molecule is CCNC(=O)[C@H](C)N(Cc1ccccc1Cl)C(=O)CN(c1cccc([N+](=O)[O-])c1)S(=O)(=O)c1ccccc1. The van der Waals surface area contributed by atoms with Crippen molar-refractivity contribution in [2.24, 2.45) is 0 Å². The lowest BCUT2D eigenvalue weighted by molar-refractivity contribution is -0.384. The molecule has 0 spiro atoms. The molecule has 2 amide bonds. The van der Waals surface area contributed by atoms with Gasteiger partial charge in [0.25, 0.3) is 15.7 Å². The van der Waals surface area contributed by atoms with E-state index in [2.05, 4.69) is 5.32 Å². The van der Waals surface area contributed by atoms with Crippen molar-refractivity contribution in [3.05, 3.63) is 99.6 Å². The minimum atomic E-state index is -4.33. The van der Waals surface area contributed by atoms with E-state index in [1.54, 1.807) is 37.3 Å². The Morgan fingerprint density at radius 2 is 1.68 bits per heavy atom. The normalized spacial score (nSPS) is 11.9. The molecule has 0 heterocycles. The first kappa shape index (κ1) is 28.6. The average molecular weight is 559 g/mol. The average Bonchev–Trinajstić information content (AvgIpc) is 2.91. The Hall–Kier alpha value is -3.96. The molecule has 0 aliphatic carbocycles. The number of anilines is 1. The molecule has 0 aliphatic heterocycles. The lowest BCUT2D eigenvalue weighted by Crippen LogP contribution is -2.51. The van der Waals surface area contributed by atoms with E-state index in [-0.39, 0.29) is 22.8 Å². The van der Waals surface area contributed by atoms with Crippen LogP contribution in [0.1, 0.15) is 19.4 Å². The number of rotatable bonds is 11. The summed E-state index contributed by atoms with van der Waals surface area (Å²) in [6.07, 6.45) is 0. The van der Waals surface area contributed by atoms with Crippen molar-refractivity contribution in [1.29, 1.82) is 0 Å². The van der Waals surface area contributed by atoms with Gasteiger partial charge in [0, 0.05) is 30.2 Å². The number of sulfonamides is 1. The Bertz CT molecular complexity index is 1420. The minimum absolute atomic E-state index is 0.0645. The fourth-order valence-electron chi connectivity index (χ4n) is 3.72. The van der Waals surface area contributed by atoms with Crippen molar-refractivity contribution in [1.82, 2.24) is 10.2 Å². The van der Waals surface area contributed by atoms with E-state index in [1.807, 2.05) is 0 Å². The highest BCUT2D eigenvalue weighted by atomic mass is 35.5. The van der Waals surface area contributed by atoms with E-state index in [9.17, 15) is 28.1 Å². The van der Waals surface area contributed by atoms with Crippen LogP contribution in [0.2, 0.25) is 5.02 Å². The number of benzene rings is 3. The van der Waals surface area contributed by atoms with Crippen LogP contribution in [0.25, 0.3) is 0 Å². The Morgan fingerprint density at radius 1 is 1.03 bits per heavy atom. The summed E-state index contributed by atoms with van der Waals surface area (Å²) in [6, 6.07) is 18.3. The highest BCUT2D eigenvalue weighted by molar-refractivity contribution is 7.92. The maximum Gasteiger partial charge on any atom is 0.271 e. The smallest absolute Gasteiger partial charge is 0.271 e. The van der Waals surface area contributed by atoms with E-state index < -0.39 is 39.3 Å². The maximum absolute atomic E-state index is 13.8. The molecule has 0 fully saturated rings. The van der Waals surface area contributed by atoms with Crippen molar-refractivity contribution in [3.8, 4) is 0 Å². The zero-order valence-electron chi connectivity index (χ0n) is 20.8. The monoisotopic (exact) mass is 558 g/mol. The summed E-state index contributed by atoms with van der Waals surface area (Å²) in [7, 11) is -4.33. The lowest BCUT2D eigenvalue weighted by Gasteiger charge is -2.32. The lowest BCUT2D eigenvalue weighted by atomic mass is 10.1. The molecule has 0 saturated carbocycles. The number of nitro groups is 1. The van der Waals surface area contributed by atoms with Crippen LogP contribution in [0, 0.1) is 10.1 Å². The second-order valence-electron chi connectivity index (χ2n) is 8.29. The van der Waals surface area contributed by atoms with Crippen LogP contribution in [-0.2, 0) is 26.2 Å². The molecule has 1 atom stereocenters. The van der Waals surface area contributed by atoms with Crippen molar-refractivity contribution in [2.75, 3.05) is 17.4 Å². The Morgan fingerprint density at radius 3 is 2.32 bits per heavy atom. The highest BCUT2D eigenvalue weighted by Crippen LogP contribution is 2.28. The van der Waals surface area contributed by atoms with Crippen molar-refractivity contribution < 1.29 is 22.9 Å². The Kier molecular flexibility index (Phi) is 9.43. The minimum Gasteiger partial charge on any atom is -0.355 e. The molecule has 0 unspecified atom stereocenters. The number of carbonyl (C=O) groups excluding carboxylic acids is 2. The van der Waals surface area contributed by atoms with Gasteiger partial charge in [-0.15, -0.1) is 0 Å². The summed E-state index contributed by atoms with van der Waals surface area (Å²) < 4.78 is 28.2. The third-order valence-corrected chi connectivity index (χ3v) is 7.91. The molecular weight excluding hydrogens is 532 g/mol. The molecule has 0 radical (unpaired) electrons. The maximum atomic E-state index is 13.8. The summed E-state index contributed by atoms with van der Waals surface area (Å²) in [5.74, 6) is -1.13. The second-order valence-corrected chi connectivity index (χ2v) is 10.6. The molecule has 0 saturated heterocycles. The molecule has 0 bridgehead atoms. The molecule has 10 nitrogen and oxygen atoms in total. The summed E-state index contributed by atoms with van der Waals surface area (Å²) >= 11 is 6.31. The fourth-order valence-corrected chi connectivity index (χ4v) is 5.35. The Labute approximate surface area is 226 Å². The molecule has 3 rings (SSSR count). The number of nitrogens with one attached hydrogen (secondary N) is 1. The number of nitrogens with zero attached hydrogens (tertiary/aromatic N) is 3. The largest absolute Gasteiger partial charge is 0.355 e. The number of hydrogen-bond acceptors (Lipinski definition) is 6. The van der Waals surface area contributed by atoms with Gasteiger partial charge in [-0.2, -0.15) is 0 Å². The van der Waals surface area contributed by atoms with E-state index in [0.717, 1.165) is 10.4 Å². The molecule has 0 aliphatic rings. The molecule has 1 N–H and O–H groups in total. The van der Waals surface area contributed by atoms with Crippen LogP contribution in [0.5, 0.6) is 0 Å². The first-order valence-electron chi connectivity index (χ1n) is 11.7. The van der Waals surface area contributed by atoms with E-state index >= 15 is 0 Å². The summed E-state index contributed by atoms with van der Waals surface area (Å²) in [6.45, 7) is 2.82. The summed E-state index contributed by atoms with van der Waals surface area (Å²) in [5, 5.41) is 14.4. The van der Waals surface area contributed by atoms with Gasteiger partial charge in [-0.25, -0.2) is 8.42 Å². The van der Waals surface area contributed by atoms with E-state index in [4.69, 9.17) is 11.6 Å². The zero-order chi connectivity index (χ0) is 27.9. The number of amides is 2. The third-order valence-electron chi connectivity index (χ3n) is 5.76.